The molecule has 160 valence electrons. The third-order valence-corrected chi connectivity index (χ3v) is 6.47. The fourth-order valence-electron chi connectivity index (χ4n) is 4.83. The highest BCUT2D eigenvalue weighted by molar-refractivity contribution is 5.58. The zero-order valence-electron chi connectivity index (χ0n) is 17.7. The van der Waals surface area contributed by atoms with Gasteiger partial charge < -0.3 is 9.47 Å². The average Bonchev–Trinajstić information content (AvgIpc) is 3.39. The van der Waals surface area contributed by atoms with Gasteiger partial charge in [0.05, 0.1) is 14.2 Å². The molecule has 1 fully saturated rings. The fourth-order valence-corrected chi connectivity index (χ4v) is 4.83. The summed E-state index contributed by atoms with van der Waals surface area (Å²) in [7, 11) is 3.26. The van der Waals surface area contributed by atoms with Crippen LogP contribution in [0.4, 0.5) is 0 Å². The van der Waals surface area contributed by atoms with E-state index < -0.39 is 0 Å². The van der Waals surface area contributed by atoms with E-state index in [0.29, 0.717) is 18.1 Å². The lowest BCUT2D eigenvalue weighted by molar-refractivity contribution is 0.291. The summed E-state index contributed by atoms with van der Waals surface area (Å²) in [5, 5.41) is 8.93. The second kappa shape index (κ2) is 7.77. The molecule has 2 aliphatic heterocycles. The summed E-state index contributed by atoms with van der Waals surface area (Å²) in [6, 6.07) is 11.3. The van der Waals surface area contributed by atoms with E-state index in [1.165, 1.54) is 0 Å². The van der Waals surface area contributed by atoms with Crippen LogP contribution in [0.5, 0.6) is 11.6 Å². The van der Waals surface area contributed by atoms with Crippen LogP contribution in [0.2, 0.25) is 0 Å². The second-order valence-corrected chi connectivity index (χ2v) is 8.22. The number of aromatic nitrogens is 4. The maximum absolute atomic E-state index is 13.2. The van der Waals surface area contributed by atoms with Crippen molar-refractivity contribution in [2.24, 2.45) is 0 Å². The van der Waals surface area contributed by atoms with Crippen LogP contribution in [-0.4, -0.2) is 52.0 Å². The molecule has 5 rings (SSSR count). The number of nitrogens with zero attached hydrogens (tertiary/aromatic N) is 5. The van der Waals surface area contributed by atoms with Crippen LogP contribution >= 0.6 is 0 Å². The first-order valence-electron chi connectivity index (χ1n) is 10.5. The standard InChI is InChI=1S/C23H25N5O3/c1-30-18-7-5-16(6-8-18)19-21(29)28-13-10-23(22(28)26-25-19)9-12-27(15-23)14-17-4-3-11-24-20(17)31-2/h3-8,11H,9-10,12-15H2,1-2H3/t23-/m1/s1. The van der Waals surface area contributed by atoms with Crippen molar-refractivity contribution < 1.29 is 9.47 Å². The van der Waals surface area contributed by atoms with Gasteiger partial charge in [-0.15, -0.1) is 10.2 Å². The lowest BCUT2D eigenvalue weighted by atomic mass is 9.85. The van der Waals surface area contributed by atoms with E-state index in [4.69, 9.17) is 9.47 Å². The zero-order valence-corrected chi connectivity index (χ0v) is 17.7. The molecule has 3 aromatic rings. The number of fused-ring (bicyclic) bond motifs is 2. The molecule has 0 saturated carbocycles. The van der Waals surface area contributed by atoms with Crippen LogP contribution in [0.1, 0.15) is 24.2 Å². The van der Waals surface area contributed by atoms with Crippen LogP contribution < -0.4 is 15.0 Å². The third-order valence-electron chi connectivity index (χ3n) is 6.47. The van der Waals surface area contributed by atoms with Crippen molar-refractivity contribution in [1.82, 2.24) is 24.6 Å². The Labute approximate surface area is 180 Å². The van der Waals surface area contributed by atoms with Crippen LogP contribution in [0.25, 0.3) is 11.3 Å². The van der Waals surface area contributed by atoms with Crippen LogP contribution in [0.3, 0.4) is 0 Å². The van der Waals surface area contributed by atoms with Crippen LogP contribution in [0.15, 0.2) is 47.4 Å². The molecule has 1 aromatic carbocycles. The minimum absolute atomic E-state index is 0.0700. The van der Waals surface area contributed by atoms with E-state index in [9.17, 15) is 4.79 Å². The minimum atomic E-state index is -0.125. The van der Waals surface area contributed by atoms with Gasteiger partial charge in [0, 0.05) is 42.4 Å². The zero-order chi connectivity index (χ0) is 21.4. The molecule has 31 heavy (non-hydrogen) atoms. The average molecular weight is 419 g/mol. The Kier molecular flexibility index (Phi) is 4.94. The molecule has 0 amide bonds. The molecule has 1 spiro atoms. The predicted molar refractivity (Wildman–Crippen MR) is 115 cm³/mol. The molecule has 8 nitrogen and oxygen atoms in total. The van der Waals surface area contributed by atoms with Crippen LogP contribution in [-0.2, 0) is 18.5 Å². The molecule has 0 radical (unpaired) electrons. The minimum Gasteiger partial charge on any atom is -0.497 e. The number of hydrogen-bond donors (Lipinski definition) is 0. The van der Waals surface area contributed by atoms with E-state index in [1.54, 1.807) is 20.4 Å². The molecule has 8 heteroatoms. The summed E-state index contributed by atoms with van der Waals surface area (Å²) < 4.78 is 12.4. The predicted octanol–water partition coefficient (Wildman–Crippen LogP) is 2.26. The summed E-state index contributed by atoms with van der Waals surface area (Å²) in [5.74, 6) is 2.22. The number of ether oxygens (including phenoxy) is 2. The molecule has 2 aromatic heterocycles. The Morgan fingerprint density at radius 2 is 1.84 bits per heavy atom. The summed E-state index contributed by atoms with van der Waals surface area (Å²) >= 11 is 0. The molecule has 0 aliphatic carbocycles. The fraction of sp³-hybridized carbons (Fsp3) is 0.391. The molecule has 1 saturated heterocycles. The third kappa shape index (κ3) is 3.37. The summed E-state index contributed by atoms with van der Waals surface area (Å²) in [4.78, 5) is 19.9. The summed E-state index contributed by atoms with van der Waals surface area (Å²) in [6.45, 7) is 3.23. The Hall–Kier alpha value is -3.26. The van der Waals surface area contributed by atoms with Gasteiger partial charge in [-0.05, 0) is 49.7 Å². The first kappa shape index (κ1) is 19.7. The van der Waals surface area contributed by atoms with Crippen molar-refractivity contribution in [1.29, 1.82) is 0 Å². The van der Waals surface area contributed by atoms with Gasteiger partial charge in [-0.2, -0.15) is 0 Å². The van der Waals surface area contributed by atoms with Gasteiger partial charge in [0.15, 0.2) is 5.69 Å². The largest absolute Gasteiger partial charge is 0.497 e. The summed E-state index contributed by atoms with van der Waals surface area (Å²) in [5.41, 5.74) is 2.02. The topological polar surface area (TPSA) is 82.4 Å². The van der Waals surface area contributed by atoms with E-state index in [1.807, 2.05) is 41.0 Å². The van der Waals surface area contributed by atoms with Crippen molar-refractivity contribution in [2.75, 3.05) is 27.3 Å². The van der Waals surface area contributed by atoms with Crippen molar-refractivity contribution in [3.8, 4) is 22.9 Å². The molecule has 1 atom stereocenters. The monoisotopic (exact) mass is 419 g/mol. The molecule has 2 aliphatic rings. The number of benzene rings is 1. The first-order valence-corrected chi connectivity index (χ1v) is 10.5. The second-order valence-electron chi connectivity index (χ2n) is 8.22. The Morgan fingerprint density at radius 3 is 2.61 bits per heavy atom. The molecule has 0 N–H and O–H groups in total. The number of pyridine rings is 1. The van der Waals surface area contributed by atoms with E-state index in [-0.39, 0.29) is 11.0 Å². The van der Waals surface area contributed by atoms with E-state index >= 15 is 0 Å². The SMILES string of the molecule is COc1ccc(-c2nnc3n(c2=O)CC[C@@]32CCN(Cc3cccnc3OC)C2)cc1. The quantitative estimate of drug-likeness (QED) is 0.627. The highest BCUT2D eigenvalue weighted by Crippen LogP contribution is 2.41. The van der Waals surface area contributed by atoms with Crippen molar-refractivity contribution in [3.05, 3.63) is 64.3 Å². The molecular formula is C23H25N5O3. The highest BCUT2D eigenvalue weighted by atomic mass is 16.5. The smallest absolute Gasteiger partial charge is 0.280 e. The number of likely N-dealkylation sites (tertiary alicyclic amines) is 1. The summed E-state index contributed by atoms with van der Waals surface area (Å²) in [6.07, 6.45) is 3.61. The van der Waals surface area contributed by atoms with Gasteiger partial charge in [-0.3, -0.25) is 14.3 Å². The number of methoxy groups -OCH3 is 2. The Balaban J connectivity index is 1.40. The molecular weight excluding hydrogens is 394 g/mol. The maximum Gasteiger partial charge on any atom is 0.280 e. The van der Waals surface area contributed by atoms with E-state index in [0.717, 1.165) is 55.2 Å². The maximum atomic E-state index is 13.2. The lowest BCUT2D eigenvalue weighted by Gasteiger charge is -2.23. The molecule has 0 unspecified atom stereocenters. The van der Waals surface area contributed by atoms with Gasteiger partial charge >= 0.3 is 0 Å². The Bertz CT molecular complexity index is 1160. The molecule has 4 heterocycles. The van der Waals surface area contributed by atoms with Gasteiger partial charge in [-0.1, -0.05) is 6.07 Å². The first-order chi connectivity index (χ1) is 15.1. The van der Waals surface area contributed by atoms with Crippen molar-refractivity contribution >= 4 is 0 Å². The lowest BCUT2D eigenvalue weighted by Crippen LogP contribution is -2.33. The van der Waals surface area contributed by atoms with Crippen molar-refractivity contribution in [3.63, 3.8) is 0 Å². The normalized spacial score (nSPS) is 20.2. The van der Waals surface area contributed by atoms with Gasteiger partial charge in [0.1, 0.15) is 11.6 Å². The number of rotatable bonds is 5. The van der Waals surface area contributed by atoms with Crippen LogP contribution in [0, 0.1) is 0 Å². The van der Waals surface area contributed by atoms with E-state index in [2.05, 4.69) is 20.1 Å². The van der Waals surface area contributed by atoms with Gasteiger partial charge in [-0.25, -0.2) is 4.98 Å². The van der Waals surface area contributed by atoms with Gasteiger partial charge in [0.2, 0.25) is 5.88 Å². The highest BCUT2D eigenvalue weighted by Gasteiger charge is 2.47. The molecule has 0 bridgehead atoms. The Morgan fingerprint density at radius 1 is 1.03 bits per heavy atom. The number of hydrogen-bond acceptors (Lipinski definition) is 7. The van der Waals surface area contributed by atoms with Crippen molar-refractivity contribution in [2.45, 2.75) is 31.3 Å². The van der Waals surface area contributed by atoms with Gasteiger partial charge in [0.25, 0.3) is 5.56 Å².